The van der Waals surface area contributed by atoms with Gasteiger partial charge in [-0.25, -0.2) is 4.79 Å². The average molecular weight is 373 g/mol. The van der Waals surface area contributed by atoms with Crippen molar-refractivity contribution in [1.82, 2.24) is 0 Å². The normalized spacial score (nSPS) is 10.7. The van der Waals surface area contributed by atoms with E-state index in [0.29, 0.717) is 21.6 Å². The Morgan fingerprint density at radius 2 is 1.88 bits per heavy atom. The molecule has 0 unspecified atom stereocenters. The fourth-order valence-corrected chi connectivity index (χ4v) is 2.75. The zero-order valence-corrected chi connectivity index (χ0v) is 15.1. The van der Waals surface area contributed by atoms with E-state index in [2.05, 4.69) is 0 Å². The molecule has 134 valence electrons. The lowest BCUT2D eigenvalue weighted by Crippen LogP contribution is -2.10. The summed E-state index contributed by atoms with van der Waals surface area (Å²) < 4.78 is 15.6. The molecule has 0 saturated heterocycles. The number of rotatable bonds is 5. The summed E-state index contributed by atoms with van der Waals surface area (Å²) in [5.74, 6) is 0.325. The summed E-state index contributed by atoms with van der Waals surface area (Å²) >= 11 is 6.16. The topological polar surface area (TPSA) is 65.7 Å². The van der Waals surface area contributed by atoms with Crippen molar-refractivity contribution >= 4 is 28.5 Å². The second-order valence-electron chi connectivity index (χ2n) is 5.87. The summed E-state index contributed by atoms with van der Waals surface area (Å²) in [6.45, 7) is 1.79. The molecule has 0 spiro atoms. The third kappa shape index (κ3) is 4.06. The third-order valence-electron chi connectivity index (χ3n) is 4.01. The maximum atomic E-state index is 12.1. The summed E-state index contributed by atoms with van der Waals surface area (Å²) in [6, 6.07) is 11.9. The van der Waals surface area contributed by atoms with Gasteiger partial charge in [0.2, 0.25) is 0 Å². The van der Waals surface area contributed by atoms with Crippen LogP contribution in [0.3, 0.4) is 0 Å². The zero-order valence-electron chi connectivity index (χ0n) is 14.4. The van der Waals surface area contributed by atoms with Crippen molar-refractivity contribution in [2.24, 2.45) is 0 Å². The Morgan fingerprint density at radius 3 is 2.58 bits per heavy atom. The number of hydrogen-bond acceptors (Lipinski definition) is 5. The standard InChI is InChI=1S/C20H17ClO5/c1-12-7-18-16(10-17(12)21)14(9-20(23)26-18)11-25-19(22)8-13-3-5-15(24-2)6-4-13/h3-7,9-10H,8,11H2,1-2H3. The van der Waals surface area contributed by atoms with Gasteiger partial charge in [-0.05, 0) is 42.3 Å². The molecule has 3 aromatic rings. The number of benzene rings is 2. The van der Waals surface area contributed by atoms with Crippen molar-refractivity contribution in [1.29, 1.82) is 0 Å². The molecule has 0 fully saturated rings. The van der Waals surface area contributed by atoms with Crippen molar-refractivity contribution < 1.29 is 18.7 Å². The molecule has 0 aliphatic rings. The third-order valence-corrected chi connectivity index (χ3v) is 4.41. The first kappa shape index (κ1) is 18.0. The number of halogens is 1. The number of fused-ring (bicyclic) bond motifs is 1. The van der Waals surface area contributed by atoms with Gasteiger partial charge < -0.3 is 13.9 Å². The largest absolute Gasteiger partial charge is 0.497 e. The summed E-state index contributed by atoms with van der Waals surface area (Å²) in [6.07, 6.45) is 0.128. The Morgan fingerprint density at radius 1 is 1.15 bits per heavy atom. The summed E-state index contributed by atoms with van der Waals surface area (Å²) in [5.41, 5.74) is 2.09. The molecule has 6 heteroatoms. The molecular weight excluding hydrogens is 356 g/mol. The number of hydrogen-bond donors (Lipinski definition) is 0. The minimum atomic E-state index is -0.500. The van der Waals surface area contributed by atoms with Crippen molar-refractivity contribution in [2.75, 3.05) is 7.11 Å². The minimum absolute atomic E-state index is 0.0313. The molecule has 0 amide bonds. The molecule has 0 bridgehead atoms. The van der Waals surface area contributed by atoms with E-state index in [-0.39, 0.29) is 13.0 Å². The number of carbonyl (C=O) groups excluding carboxylic acids is 1. The predicted octanol–water partition coefficient (Wildman–Crippen LogP) is 4.05. The van der Waals surface area contributed by atoms with Gasteiger partial charge in [0.25, 0.3) is 0 Å². The van der Waals surface area contributed by atoms with E-state index in [1.165, 1.54) is 6.07 Å². The SMILES string of the molecule is COc1ccc(CC(=O)OCc2cc(=O)oc3cc(C)c(Cl)cc23)cc1. The van der Waals surface area contributed by atoms with Gasteiger partial charge in [-0.2, -0.15) is 0 Å². The van der Waals surface area contributed by atoms with Crippen molar-refractivity contribution in [3.8, 4) is 5.75 Å². The number of carbonyl (C=O) groups is 1. The molecule has 0 radical (unpaired) electrons. The lowest BCUT2D eigenvalue weighted by atomic mass is 10.1. The molecule has 0 atom stereocenters. The lowest BCUT2D eigenvalue weighted by molar-refractivity contribution is -0.144. The Balaban J connectivity index is 1.75. The number of ether oxygens (including phenoxy) is 2. The van der Waals surface area contributed by atoms with Gasteiger partial charge in [0.05, 0.1) is 13.5 Å². The van der Waals surface area contributed by atoms with Gasteiger partial charge >= 0.3 is 11.6 Å². The zero-order chi connectivity index (χ0) is 18.7. The fraction of sp³-hybridized carbons (Fsp3) is 0.200. The highest BCUT2D eigenvalue weighted by Crippen LogP contribution is 2.25. The van der Waals surface area contributed by atoms with Crippen LogP contribution in [-0.4, -0.2) is 13.1 Å². The molecule has 5 nitrogen and oxygen atoms in total. The smallest absolute Gasteiger partial charge is 0.336 e. The van der Waals surface area contributed by atoms with Gasteiger partial charge in [-0.15, -0.1) is 0 Å². The van der Waals surface area contributed by atoms with E-state index < -0.39 is 11.6 Å². The van der Waals surface area contributed by atoms with Crippen LogP contribution < -0.4 is 10.4 Å². The van der Waals surface area contributed by atoms with Crippen molar-refractivity contribution in [3.63, 3.8) is 0 Å². The van der Waals surface area contributed by atoms with Gasteiger partial charge in [0.15, 0.2) is 0 Å². The quantitative estimate of drug-likeness (QED) is 0.499. The molecule has 0 saturated carbocycles. The van der Waals surface area contributed by atoms with Crippen LogP contribution in [0.5, 0.6) is 5.75 Å². The van der Waals surface area contributed by atoms with E-state index in [4.69, 9.17) is 25.5 Å². The van der Waals surface area contributed by atoms with E-state index in [0.717, 1.165) is 16.9 Å². The number of methoxy groups -OCH3 is 1. The van der Waals surface area contributed by atoms with Crippen LogP contribution in [0.1, 0.15) is 16.7 Å². The van der Waals surface area contributed by atoms with Gasteiger partial charge in [-0.1, -0.05) is 23.7 Å². The van der Waals surface area contributed by atoms with Crippen LogP contribution in [0.4, 0.5) is 0 Å². The van der Waals surface area contributed by atoms with Crippen LogP contribution >= 0.6 is 11.6 Å². The molecule has 1 aromatic heterocycles. The van der Waals surface area contributed by atoms with Crippen molar-refractivity contribution in [3.05, 3.63) is 74.6 Å². The molecular formula is C20H17ClO5. The summed E-state index contributed by atoms with van der Waals surface area (Å²) in [7, 11) is 1.58. The van der Waals surface area contributed by atoms with Crippen LogP contribution in [0.2, 0.25) is 5.02 Å². The highest BCUT2D eigenvalue weighted by Gasteiger charge is 2.11. The molecule has 0 aliphatic heterocycles. The first-order valence-electron chi connectivity index (χ1n) is 7.97. The molecule has 0 N–H and O–H groups in total. The van der Waals surface area contributed by atoms with Gasteiger partial charge in [0.1, 0.15) is 17.9 Å². The van der Waals surface area contributed by atoms with Gasteiger partial charge in [0, 0.05) is 22.0 Å². The van der Waals surface area contributed by atoms with E-state index in [1.807, 2.05) is 6.92 Å². The molecule has 3 rings (SSSR count). The van der Waals surface area contributed by atoms with Crippen molar-refractivity contribution in [2.45, 2.75) is 20.0 Å². The fourth-order valence-electron chi connectivity index (χ4n) is 2.59. The minimum Gasteiger partial charge on any atom is -0.497 e. The summed E-state index contributed by atoms with van der Waals surface area (Å²) in [4.78, 5) is 23.8. The Kier molecular flexibility index (Phi) is 5.28. The lowest BCUT2D eigenvalue weighted by Gasteiger charge is -2.09. The second kappa shape index (κ2) is 7.62. The predicted molar refractivity (Wildman–Crippen MR) is 98.7 cm³/mol. The molecule has 0 aliphatic carbocycles. The first-order chi connectivity index (χ1) is 12.5. The Bertz CT molecular complexity index is 1010. The first-order valence-corrected chi connectivity index (χ1v) is 8.35. The Labute approximate surface area is 155 Å². The Hall–Kier alpha value is -2.79. The van der Waals surface area contributed by atoms with Gasteiger partial charge in [-0.3, -0.25) is 4.79 Å². The van der Waals surface area contributed by atoms with Crippen LogP contribution in [0.25, 0.3) is 11.0 Å². The van der Waals surface area contributed by atoms with Crippen LogP contribution in [0.15, 0.2) is 51.7 Å². The highest BCUT2D eigenvalue weighted by molar-refractivity contribution is 6.32. The maximum absolute atomic E-state index is 12.1. The number of esters is 1. The van der Waals surface area contributed by atoms with E-state index in [1.54, 1.807) is 43.5 Å². The molecule has 2 aromatic carbocycles. The van der Waals surface area contributed by atoms with E-state index in [9.17, 15) is 9.59 Å². The molecule has 26 heavy (non-hydrogen) atoms. The van der Waals surface area contributed by atoms with Crippen LogP contribution in [0, 0.1) is 6.92 Å². The monoisotopic (exact) mass is 372 g/mol. The second-order valence-corrected chi connectivity index (χ2v) is 6.28. The highest BCUT2D eigenvalue weighted by atomic mass is 35.5. The summed E-state index contributed by atoms with van der Waals surface area (Å²) in [5, 5.41) is 1.20. The average Bonchev–Trinajstić information content (AvgIpc) is 2.62. The maximum Gasteiger partial charge on any atom is 0.336 e. The van der Waals surface area contributed by atoms with Crippen LogP contribution in [-0.2, 0) is 22.6 Å². The molecule has 1 heterocycles. The number of aryl methyl sites for hydroxylation is 1. The van der Waals surface area contributed by atoms with E-state index >= 15 is 0 Å².